The third-order valence-corrected chi connectivity index (χ3v) is 9.72. The van der Waals surface area contributed by atoms with Crippen LogP contribution in [0.4, 0.5) is 0 Å². The summed E-state index contributed by atoms with van der Waals surface area (Å²) in [5.41, 5.74) is 2.89. The van der Waals surface area contributed by atoms with Crippen LogP contribution in [-0.2, 0) is 6.42 Å². The number of allylic oxidation sites excluding steroid dienone is 5. The van der Waals surface area contributed by atoms with Gasteiger partial charge in [0.2, 0.25) is 0 Å². The van der Waals surface area contributed by atoms with Gasteiger partial charge < -0.3 is 4.90 Å². The molecule has 1 heterocycles. The molecule has 1 heteroatoms. The van der Waals surface area contributed by atoms with Crippen LogP contribution in [0.25, 0.3) is 0 Å². The molecular weight excluding hydrogens is 518 g/mol. The summed E-state index contributed by atoms with van der Waals surface area (Å²) in [6, 6.07) is 10.9. The zero-order valence-corrected chi connectivity index (χ0v) is 28.9. The van der Waals surface area contributed by atoms with Crippen molar-refractivity contribution in [2.45, 2.75) is 162 Å². The molecule has 0 aliphatic carbocycles. The largest absolute Gasteiger partial charge is 0.303 e. The molecule has 1 saturated heterocycles. The first kappa shape index (κ1) is 37.6. The molecule has 0 amide bonds. The number of unbranched alkanes of at least 4 members (excludes halogenated alkanes) is 12. The second kappa shape index (κ2) is 26.8. The molecule has 0 N–H and O–H groups in total. The predicted octanol–water partition coefficient (Wildman–Crippen LogP) is 13.1. The molecule has 1 fully saturated rings. The van der Waals surface area contributed by atoms with Crippen molar-refractivity contribution in [3.05, 3.63) is 72.4 Å². The number of piperidine rings is 1. The Labute approximate surface area is 269 Å². The Kier molecular flexibility index (Phi) is 23.4. The zero-order chi connectivity index (χ0) is 30.6. The smallest absolute Gasteiger partial charge is 0.000965 e. The van der Waals surface area contributed by atoms with Gasteiger partial charge in [-0.05, 0) is 108 Å². The van der Waals surface area contributed by atoms with Gasteiger partial charge in [-0.3, -0.25) is 0 Å². The average Bonchev–Trinajstić information content (AvgIpc) is 3.03. The van der Waals surface area contributed by atoms with Gasteiger partial charge in [0.1, 0.15) is 0 Å². The van der Waals surface area contributed by atoms with E-state index in [9.17, 15) is 0 Å². The van der Waals surface area contributed by atoms with Crippen molar-refractivity contribution in [2.75, 3.05) is 19.6 Å². The summed E-state index contributed by atoms with van der Waals surface area (Å²) in [5.74, 6) is 1.48. The minimum atomic E-state index is 0.584. The van der Waals surface area contributed by atoms with Crippen LogP contribution in [0.1, 0.15) is 161 Å². The Balaban J connectivity index is 1.50. The van der Waals surface area contributed by atoms with Gasteiger partial charge in [0.15, 0.2) is 0 Å². The van der Waals surface area contributed by atoms with Crippen LogP contribution in [0.15, 0.2) is 66.8 Å². The van der Waals surface area contributed by atoms with Crippen LogP contribution in [0, 0.1) is 11.8 Å². The molecule has 0 radical (unpaired) electrons. The first-order chi connectivity index (χ1) is 21.2. The Hall–Kier alpha value is -1.60. The van der Waals surface area contributed by atoms with E-state index in [0.29, 0.717) is 5.92 Å². The van der Waals surface area contributed by atoms with E-state index in [-0.39, 0.29) is 0 Å². The number of hydrogen-bond acceptors (Lipinski definition) is 1. The Morgan fingerprint density at radius 1 is 0.721 bits per heavy atom. The van der Waals surface area contributed by atoms with Gasteiger partial charge in [-0.15, -0.1) is 0 Å². The molecule has 1 aliphatic heterocycles. The fraction of sp³-hybridized carbons (Fsp3) is 0.714. The van der Waals surface area contributed by atoms with Gasteiger partial charge >= 0.3 is 0 Å². The molecule has 0 spiro atoms. The summed E-state index contributed by atoms with van der Waals surface area (Å²) in [7, 11) is 0. The number of benzene rings is 1. The molecule has 1 aliphatic rings. The quantitative estimate of drug-likeness (QED) is 0.0728. The lowest BCUT2D eigenvalue weighted by atomic mass is 9.89. The summed E-state index contributed by atoms with van der Waals surface area (Å²) < 4.78 is 0. The topological polar surface area (TPSA) is 3.24 Å². The molecule has 2 unspecified atom stereocenters. The maximum absolute atomic E-state index is 4.48. The highest BCUT2D eigenvalue weighted by molar-refractivity contribution is 5.17. The zero-order valence-electron chi connectivity index (χ0n) is 28.9. The summed E-state index contributed by atoms with van der Waals surface area (Å²) in [5, 5.41) is 0. The Morgan fingerprint density at radius 2 is 1.30 bits per heavy atom. The SMILES string of the molecule is C=C(CCCCC(CCCCCCCCCC/C=C\C/C=C\CCCCC)CN1CCCCC1)C(C)Cc1ccccc1. The van der Waals surface area contributed by atoms with E-state index in [1.54, 1.807) is 0 Å². The van der Waals surface area contributed by atoms with Crippen molar-refractivity contribution < 1.29 is 0 Å². The molecule has 2 rings (SSSR count). The summed E-state index contributed by atoms with van der Waals surface area (Å²) in [6.45, 7) is 13.2. The van der Waals surface area contributed by atoms with Crippen LogP contribution >= 0.6 is 0 Å². The molecule has 1 nitrogen and oxygen atoms in total. The highest BCUT2D eigenvalue weighted by Crippen LogP contribution is 2.25. The minimum absolute atomic E-state index is 0.584. The van der Waals surface area contributed by atoms with Crippen molar-refractivity contribution in [1.29, 1.82) is 0 Å². The molecule has 43 heavy (non-hydrogen) atoms. The maximum Gasteiger partial charge on any atom is 0.000965 e. The number of likely N-dealkylation sites (tertiary alicyclic amines) is 1. The van der Waals surface area contributed by atoms with E-state index in [1.165, 1.54) is 166 Å². The van der Waals surface area contributed by atoms with E-state index < -0.39 is 0 Å². The Bertz CT molecular complexity index is 815. The molecule has 2 atom stereocenters. The monoisotopic (exact) mass is 590 g/mol. The van der Waals surface area contributed by atoms with Gasteiger partial charge in [0.05, 0.1) is 0 Å². The standard InChI is InChI=1S/C42H71N/c1-4-5-6-7-8-9-10-11-12-13-14-15-16-17-18-19-20-23-33-42(38-43-35-28-22-29-36-43)34-27-26-30-39(2)40(3)37-41-31-24-21-25-32-41/h8-9,11-12,21,24-25,31-32,40,42H,2,4-7,10,13-20,22-23,26-30,33-38H2,1,3H3/b9-8-,12-11-. The molecule has 1 aromatic rings. The highest BCUT2D eigenvalue weighted by Gasteiger charge is 2.17. The van der Waals surface area contributed by atoms with Crippen LogP contribution < -0.4 is 0 Å². The molecule has 0 aromatic heterocycles. The van der Waals surface area contributed by atoms with Crippen LogP contribution in [0.3, 0.4) is 0 Å². The van der Waals surface area contributed by atoms with Gasteiger partial charge in [-0.1, -0.05) is 151 Å². The second-order valence-corrected chi connectivity index (χ2v) is 13.8. The number of nitrogens with zero attached hydrogens (tertiary/aromatic N) is 1. The fourth-order valence-corrected chi connectivity index (χ4v) is 6.75. The molecule has 1 aromatic carbocycles. The van der Waals surface area contributed by atoms with E-state index in [4.69, 9.17) is 0 Å². The van der Waals surface area contributed by atoms with Gasteiger partial charge in [0, 0.05) is 6.54 Å². The van der Waals surface area contributed by atoms with Crippen LogP contribution in [0.5, 0.6) is 0 Å². The van der Waals surface area contributed by atoms with Crippen molar-refractivity contribution in [3.63, 3.8) is 0 Å². The summed E-state index contributed by atoms with van der Waals surface area (Å²) in [4.78, 5) is 2.79. The first-order valence-electron chi connectivity index (χ1n) is 18.9. The highest BCUT2D eigenvalue weighted by atomic mass is 15.1. The summed E-state index contributed by atoms with van der Waals surface area (Å²) in [6.07, 6.45) is 40.7. The van der Waals surface area contributed by atoms with Crippen LogP contribution in [-0.4, -0.2) is 24.5 Å². The predicted molar refractivity (Wildman–Crippen MR) is 194 cm³/mol. The van der Waals surface area contributed by atoms with Crippen molar-refractivity contribution in [3.8, 4) is 0 Å². The van der Waals surface area contributed by atoms with E-state index in [0.717, 1.165) is 18.8 Å². The third-order valence-electron chi connectivity index (χ3n) is 9.72. The molecular formula is C42H71N. The van der Waals surface area contributed by atoms with Crippen LogP contribution in [0.2, 0.25) is 0 Å². The molecule has 0 saturated carbocycles. The lowest BCUT2D eigenvalue weighted by Gasteiger charge is -2.30. The fourth-order valence-electron chi connectivity index (χ4n) is 6.75. The number of rotatable bonds is 27. The lowest BCUT2D eigenvalue weighted by molar-refractivity contribution is 0.182. The maximum atomic E-state index is 4.48. The second-order valence-electron chi connectivity index (χ2n) is 13.8. The van der Waals surface area contributed by atoms with E-state index >= 15 is 0 Å². The van der Waals surface area contributed by atoms with Crippen molar-refractivity contribution in [1.82, 2.24) is 4.90 Å². The van der Waals surface area contributed by atoms with Crippen molar-refractivity contribution in [2.24, 2.45) is 11.8 Å². The number of hydrogen-bond donors (Lipinski definition) is 0. The normalized spacial score (nSPS) is 15.9. The first-order valence-corrected chi connectivity index (χ1v) is 18.9. The van der Waals surface area contributed by atoms with Gasteiger partial charge in [-0.25, -0.2) is 0 Å². The lowest BCUT2D eigenvalue weighted by Crippen LogP contribution is -2.34. The molecule has 244 valence electrons. The Morgan fingerprint density at radius 3 is 1.95 bits per heavy atom. The third kappa shape index (κ3) is 20.9. The van der Waals surface area contributed by atoms with E-state index in [1.807, 2.05) is 0 Å². The summed E-state index contributed by atoms with van der Waals surface area (Å²) >= 11 is 0. The van der Waals surface area contributed by atoms with Gasteiger partial charge in [-0.2, -0.15) is 0 Å². The molecule has 0 bridgehead atoms. The van der Waals surface area contributed by atoms with E-state index in [2.05, 4.69) is 80.0 Å². The van der Waals surface area contributed by atoms with Crippen molar-refractivity contribution >= 4 is 0 Å². The average molecular weight is 590 g/mol. The van der Waals surface area contributed by atoms with Gasteiger partial charge in [0.25, 0.3) is 0 Å². The minimum Gasteiger partial charge on any atom is -0.303 e.